The minimum absolute atomic E-state index is 0.164. The third kappa shape index (κ3) is 3.55. The molecule has 3 nitrogen and oxygen atoms in total. The number of allylic oxidation sites excluding steroid dienone is 2. The van der Waals surface area contributed by atoms with Gasteiger partial charge in [-0.05, 0) is 35.9 Å². The monoisotopic (exact) mass is 278 g/mol. The van der Waals surface area contributed by atoms with Crippen molar-refractivity contribution in [1.29, 1.82) is 0 Å². The number of ether oxygens (including phenoxy) is 2. The average molecular weight is 278 g/mol. The highest BCUT2D eigenvalue weighted by atomic mass is 32.1. The molecular weight excluding hydrogens is 260 g/mol. The number of carbonyl (C=O) groups excluding carboxylic acids is 1. The third-order valence-corrected chi connectivity index (χ3v) is 4.02. The Morgan fingerprint density at radius 2 is 2.37 bits per heavy atom. The Morgan fingerprint density at radius 1 is 1.53 bits per heavy atom. The zero-order valence-corrected chi connectivity index (χ0v) is 12.0. The van der Waals surface area contributed by atoms with E-state index >= 15 is 0 Å². The molecule has 1 unspecified atom stereocenters. The van der Waals surface area contributed by atoms with Crippen molar-refractivity contribution in [3.63, 3.8) is 0 Å². The van der Waals surface area contributed by atoms with Crippen LogP contribution in [0.2, 0.25) is 0 Å². The maximum Gasteiger partial charge on any atom is 0.310 e. The normalized spacial score (nSPS) is 18.2. The van der Waals surface area contributed by atoms with Crippen LogP contribution in [-0.2, 0) is 20.7 Å². The van der Waals surface area contributed by atoms with Gasteiger partial charge in [0.1, 0.15) is 0 Å². The third-order valence-electron chi connectivity index (χ3n) is 3.01. The molecule has 1 aromatic rings. The highest BCUT2D eigenvalue weighted by molar-refractivity contribution is 7.11. The fourth-order valence-electron chi connectivity index (χ4n) is 2.04. The van der Waals surface area contributed by atoms with Crippen molar-refractivity contribution >= 4 is 22.9 Å². The summed E-state index contributed by atoms with van der Waals surface area (Å²) < 4.78 is 10.3. The molecule has 0 saturated carbocycles. The predicted molar refractivity (Wildman–Crippen MR) is 77.2 cm³/mol. The maximum atomic E-state index is 11.6. The molecule has 0 aliphatic heterocycles. The Balaban J connectivity index is 2.10. The van der Waals surface area contributed by atoms with Gasteiger partial charge in [0.05, 0.1) is 19.1 Å². The second-order valence-corrected chi connectivity index (χ2v) is 5.20. The Hall–Kier alpha value is -1.39. The average Bonchev–Trinajstić information content (AvgIpc) is 2.87. The highest BCUT2D eigenvalue weighted by Crippen LogP contribution is 2.30. The van der Waals surface area contributed by atoms with Crippen LogP contribution < -0.4 is 0 Å². The molecule has 0 fully saturated rings. The summed E-state index contributed by atoms with van der Waals surface area (Å²) in [5.74, 6) is -0.169. The van der Waals surface area contributed by atoms with Crippen LogP contribution in [0.5, 0.6) is 0 Å². The van der Waals surface area contributed by atoms with Gasteiger partial charge < -0.3 is 9.47 Å². The van der Waals surface area contributed by atoms with E-state index in [0.717, 1.165) is 16.9 Å². The summed E-state index contributed by atoms with van der Waals surface area (Å²) in [5.41, 5.74) is 2.21. The van der Waals surface area contributed by atoms with Crippen LogP contribution in [0.1, 0.15) is 23.8 Å². The van der Waals surface area contributed by atoms with Crippen molar-refractivity contribution in [3.8, 4) is 0 Å². The molecule has 0 aromatic carbocycles. The molecule has 1 aliphatic rings. The first-order valence-corrected chi connectivity index (χ1v) is 7.26. The van der Waals surface area contributed by atoms with E-state index in [1.807, 2.05) is 18.4 Å². The second kappa shape index (κ2) is 6.68. The molecule has 0 bridgehead atoms. The largest absolute Gasteiger partial charge is 0.466 e. The molecule has 0 N–H and O–H groups in total. The Labute approximate surface area is 117 Å². The van der Waals surface area contributed by atoms with Gasteiger partial charge in [-0.15, -0.1) is 11.3 Å². The molecule has 0 spiro atoms. The molecule has 0 saturated heterocycles. The summed E-state index contributed by atoms with van der Waals surface area (Å²) in [6.45, 7) is 2.25. The lowest BCUT2D eigenvalue weighted by molar-refractivity contribution is -0.142. The number of esters is 1. The van der Waals surface area contributed by atoms with Crippen molar-refractivity contribution in [2.24, 2.45) is 0 Å². The van der Waals surface area contributed by atoms with E-state index in [1.165, 1.54) is 5.57 Å². The van der Waals surface area contributed by atoms with Crippen LogP contribution in [0.15, 0.2) is 29.7 Å². The minimum Gasteiger partial charge on any atom is -0.466 e. The summed E-state index contributed by atoms with van der Waals surface area (Å²) in [6, 6.07) is 1.99. The second-order valence-electron chi connectivity index (χ2n) is 4.29. The van der Waals surface area contributed by atoms with Crippen LogP contribution in [-0.4, -0.2) is 25.8 Å². The maximum absolute atomic E-state index is 11.6. The smallest absolute Gasteiger partial charge is 0.310 e. The summed E-state index contributed by atoms with van der Waals surface area (Å²) >= 11 is 1.66. The summed E-state index contributed by atoms with van der Waals surface area (Å²) in [5, 5.41) is 2.01. The lowest BCUT2D eigenvalue weighted by atomic mass is 10.0. The number of hydrogen-bond acceptors (Lipinski definition) is 4. The van der Waals surface area contributed by atoms with Gasteiger partial charge in [0.15, 0.2) is 0 Å². The molecule has 1 aromatic heterocycles. The van der Waals surface area contributed by atoms with Crippen LogP contribution >= 0.6 is 11.3 Å². The van der Waals surface area contributed by atoms with Gasteiger partial charge in [0.25, 0.3) is 0 Å². The molecule has 2 rings (SSSR count). The van der Waals surface area contributed by atoms with Crippen molar-refractivity contribution in [2.75, 3.05) is 13.7 Å². The van der Waals surface area contributed by atoms with Gasteiger partial charge >= 0.3 is 5.97 Å². The van der Waals surface area contributed by atoms with E-state index in [9.17, 15) is 4.79 Å². The first-order chi connectivity index (χ1) is 9.24. The molecule has 0 amide bonds. The van der Waals surface area contributed by atoms with E-state index in [4.69, 9.17) is 9.47 Å². The Morgan fingerprint density at radius 3 is 3.00 bits per heavy atom. The molecule has 19 heavy (non-hydrogen) atoms. The van der Waals surface area contributed by atoms with Crippen molar-refractivity contribution in [1.82, 2.24) is 0 Å². The van der Waals surface area contributed by atoms with Gasteiger partial charge in [0, 0.05) is 12.0 Å². The number of hydrogen-bond donors (Lipinski definition) is 0. The summed E-state index contributed by atoms with van der Waals surface area (Å²) in [4.78, 5) is 12.7. The van der Waals surface area contributed by atoms with Gasteiger partial charge in [-0.3, -0.25) is 4.79 Å². The standard InChI is InChI=1S/C15H18O3S/c1-3-18-14(16)10-12-8-9-19-15(12)11-4-6-13(17-2)7-5-11/h4-6,8-9,13H,3,7,10H2,1-2H3. The molecule has 1 atom stereocenters. The number of carbonyl (C=O) groups is 1. The van der Waals surface area contributed by atoms with Crippen LogP contribution in [0.4, 0.5) is 0 Å². The van der Waals surface area contributed by atoms with E-state index < -0.39 is 0 Å². The molecule has 1 heterocycles. The zero-order valence-electron chi connectivity index (χ0n) is 11.2. The first kappa shape index (κ1) is 14.0. The molecule has 0 radical (unpaired) electrons. The fraction of sp³-hybridized carbons (Fsp3) is 0.400. The SMILES string of the molecule is CCOC(=O)Cc1ccsc1C1=CCC(OC)C=C1. The van der Waals surface area contributed by atoms with Gasteiger partial charge in [0.2, 0.25) is 0 Å². The van der Waals surface area contributed by atoms with Gasteiger partial charge in [-0.25, -0.2) is 0 Å². The Kier molecular flexibility index (Phi) is 4.93. The molecular formula is C15H18O3S. The van der Waals surface area contributed by atoms with Crippen molar-refractivity contribution in [2.45, 2.75) is 25.9 Å². The quantitative estimate of drug-likeness (QED) is 0.776. The van der Waals surface area contributed by atoms with Gasteiger partial charge in [-0.2, -0.15) is 0 Å². The van der Waals surface area contributed by atoms with Gasteiger partial charge in [-0.1, -0.05) is 18.2 Å². The lowest BCUT2D eigenvalue weighted by Crippen LogP contribution is -2.09. The van der Waals surface area contributed by atoms with E-state index in [2.05, 4.69) is 18.2 Å². The zero-order chi connectivity index (χ0) is 13.7. The first-order valence-electron chi connectivity index (χ1n) is 6.38. The molecule has 102 valence electrons. The number of thiophene rings is 1. The minimum atomic E-state index is -0.169. The highest BCUT2D eigenvalue weighted by Gasteiger charge is 2.15. The van der Waals surface area contributed by atoms with Crippen molar-refractivity contribution < 1.29 is 14.3 Å². The van der Waals surface area contributed by atoms with Crippen LogP contribution in [0.3, 0.4) is 0 Å². The van der Waals surface area contributed by atoms with Crippen molar-refractivity contribution in [3.05, 3.63) is 40.1 Å². The fourth-order valence-corrected chi connectivity index (χ4v) is 2.99. The summed E-state index contributed by atoms with van der Waals surface area (Å²) in [7, 11) is 1.71. The van der Waals surface area contributed by atoms with Crippen LogP contribution in [0.25, 0.3) is 5.57 Å². The van der Waals surface area contributed by atoms with E-state index in [-0.39, 0.29) is 12.1 Å². The topological polar surface area (TPSA) is 35.5 Å². The summed E-state index contributed by atoms with van der Waals surface area (Å²) in [6.07, 6.45) is 7.66. The Bertz CT molecular complexity index is 499. The van der Waals surface area contributed by atoms with E-state index in [0.29, 0.717) is 13.0 Å². The number of methoxy groups -OCH3 is 1. The van der Waals surface area contributed by atoms with E-state index in [1.54, 1.807) is 18.4 Å². The molecule has 1 aliphatic carbocycles. The lowest BCUT2D eigenvalue weighted by Gasteiger charge is -2.14. The van der Waals surface area contributed by atoms with Crippen LogP contribution in [0, 0.1) is 0 Å². The predicted octanol–water partition coefficient (Wildman–Crippen LogP) is 3.21. The molecule has 4 heteroatoms. The number of rotatable bonds is 5.